The van der Waals surface area contributed by atoms with Gasteiger partial charge in [-0.3, -0.25) is 14.5 Å². The Hall–Kier alpha value is -2.71. The van der Waals surface area contributed by atoms with E-state index in [0.717, 1.165) is 50.8 Å². The first-order valence-corrected chi connectivity index (χ1v) is 14.0. The van der Waals surface area contributed by atoms with Crippen LogP contribution in [0.5, 0.6) is 0 Å². The molecule has 0 unspecified atom stereocenters. The van der Waals surface area contributed by atoms with Crippen LogP contribution in [0.3, 0.4) is 0 Å². The van der Waals surface area contributed by atoms with Crippen LogP contribution in [0.15, 0.2) is 24.3 Å². The molecule has 0 radical (unpaired) electrons. The van der Waals surface area contributed by atoms with E-state index in [-0.39, 0.29) is 17.2 Å². The number of para-hydroxylation sites is 1. The maximum atomic E-state index is 13.7. The molecule has 7 nitrogen and oxygen atoms in total. The number of anilines is 2. The fourth-order valence-corrected chi connectivity index (χ4v) is 6.65. The molecule has 8 heteroatoms. The van der Waals surface area contributed by atoms with Crippen molar-refractivity contribution in [1.82, 2.24) is 4.90 Å². The number of esters is 1. The van der Waals surface area contributed by atoms with Crippen molar-refractivity contribution in [3.05, 3.63) is 45.8 Å². The summed E-state index contributed by atoms with van der Waals surface area (Å²) in [7, 11) is 1.32. The largest absolute Gasteiger partial charge is 0.465 e. The van der Waals surface area contributed by atoms with E-state index in [2.05, 4.69) is 43.2 Å². The van der Waals surface area contributed by atoms with Crippen LogP contribution in [0.2, 0.25) is 0 Å². The molecule has 37 heavy (non-hydrogen) atoms. The van der Waals surface area contributed by atoms with Gasteiger partial charge in [0, 0.05) is 4.88 Å². The molecule has 1 aromatic carbocycles. The van der Waals surface area contributed by atoms with Gasteiger partial charge in [-0.05, 0) is 80.1 Å². The van der Waals surface area contributed by atoms with Crippen LogP contribution in [-0.2, 0) is 22.4 Å². The van der Waals surface area contributed by atoms with Gasteiger partial charge in [-0.2, -0.15) is 0 Å². The lowest BCUT2D eigenvalue weighted by Crippen LogP contribution is -2.38. The predicted octanol–water partition coefficient (Wildman–Crippen LogP) is 5.61. The van der Waals surface area contributed by atoms with Gasteiger partial charge >= 0.3 is 5.97 Å². The van der Waals surface area contributed by atoms with E-state index in [9.17, 15) is 14.4 Å². The molecule has 1 aromatic heterocycles. The van der Waals surface area contributed by atoms with E-state index < -0.39 is 5.97 Å². The molecule has 1 aliphatic carbocycles. The maximum Gasteiger partial charge on any atom is 0.339 e. The van der Waals surface area contributed by atoms with Crippen LogP contribution in [0.25, 0.3) is 0 Å². The number of amides is 2. The molecule has 2 heterocycles. The van der Waals surface area contributed by atoms with E-state index in [1.807, 2.05) is 0 Å². The summed E-state index contributed by atoms with van der Waals surface area (Å²) in [6, 6.07) is 6.81. The summed E-state index contributed by atoms with van der Waals surface area (Å²) in [6.45, 7) is 11.2. The molecule has 0 spiro atoms. The first-order valence-electron chi connectivity index (χ1n) is 13.2. The number of piperidine rings is 1. The monoisotopic (exact) mass is 525 g/mol. The molecule has 200 valence electrons. The number of benzene rings is 1. The Bertz CT molecular complexity index is 1160. The summed E-state index contributed by atoms with van der Waals surface area (Å²) in [5.41, 5.74) is 2.38. The third-order valence-corrected chi connectivity index (χ3v) is 8.96. The lowest BCUT2D eigenvalue weighted by Gasteiger charge is -2.33. The van der Waals surface area contributed by atoms with Crippen LogP contribution >= 0.6 is 11.3 Å². The summed E-state index contributed by atoms with van der Waals surface area (Å²) in [5, 5.41) is 6.61. The van der Waals surface area contributed by atoms with Crippen LogP contribution in [0.4, 0.5) is 10.7 Å². The summed E-state index contributed by atoms with van der Waals surface area (Å²) >= 11 is 1.52. The van der Waals surface area contributed by atoms with E-state index in [4.69, 9.17) is 4.74 Å². The Morgan fingerprint density at radius 2 is 1.78 bits per heavy atom. The summed E-state index contributed by atoms with van der Waals surface area (Å²) in [5.74, 6) is 0.283. The van der Waals surface area contributed by atoms with Crippen molar-refractivity contribution < 1.29 is 19.1 Å². The van der Waals surface area contributed by atoms with Gasteiger partial charge in [0.25, 0.3) is 5.91 Å². The van der Waals surface area contributed by atoms with Crippen molar-refractivity contribution in [3.8, 4) is 0 Å². The number of ether oxygens (including phenoxy) is 1. The highest BCUT2D eigenvalue weighted by Crippen LogP contribution is 2.44. The maximum absolute atomic E-state index is 13.7. The molecule has 1 atom stereocenters. The van der Waals surface area contributed by atoms with Crippen LogP contribution in [0.1, 0.15) is 78.1 Å². The second-order valence-electron chi connectivity index (χ2n) is 11.5. The number of methoxy groups -OCH3 is 1. The fourth-order valence-electron chi connectivity index (χ4n) is 5.31. The molecule has 2 aromatic rings. The first-order chi connectivity index (χ1) is 17.6. The zero-order chi connectivity index (χ0) is 26.7. The number of hydrogen-bond donors (Lipinski definition) is 2. The topological polar surface area (TPSA) is 87.7 Å². The number of nitrogens with zero attached hydrogens (tertiary/aromatic N) is 1. The molecule has 1 saturated heterocycles. The molecular formula is C29H39N3O4S. The highest BCUT2D eigenvalue weighted by Gasteiger charge is 2.34. The predicted molar refractivity (Wildman–Crippen MR) is 148 cm³/mol. The summed E-state index contributed by atoms with van der Waals surface area (Å²) < 4.78 is 4.89. The van der Waals surface area contributed by atoms with E-state index in [1.165, 1.54) is 23.3 Å². The van der Waals surface area contributed by atoms with Crippen molar-refractivity contribution in [1.29, 1.82) is 0 Å². The van der Waals surface area contributed by atoms with Crippen molar-refractivity contribution >= 4 is 39.8 Å². The van der Waals surface area contributed by atoms with E-state index >= 15 is 0 Å². The Morgan fingerprint density at radius 3 is 2.46 bits per heavy atom. The minimum absolute atomic E-state index is 0.0930. The van der Waals surface area contributed by atoms with Gasteiger partial charge in [0.15, 0.2) is 0 Å². The third-order valence-electron chi connectivity index (χ3n) is 7.79. The van der Waals surface area contributed by atoms with Gasteiger partial charge < -0.3 is 15.4 Å². The summed E-state index contributed by atoms with van der Waals surface area (Å²) in [6.07, 6.45) is 4.87. The van der Waals surface area contributed by atoms with Gasteiger partial charge in [-0.15, -0.1) is 11.3 Å². The van der Waals surface area contributed by atoms with Gasteiger partial charge in [0.05, 0.1) is 30.5 Å². The number of thiophene rings is 1. The highest BCUT2D eigenvalue weighted by atomic mass is 32.1. The Balaban J connectivity index is 1.61. The molecule has 0 saturated carbocycles. The zero-order valence-corrected chi connectivity index (χ0v) is 23.4. The highest BCUT2D eigenvalue weighted by molar-refractivity contribution is 7.17. The zero-order valence-electron chi connectivity index (χ0n) is 22.6. The first kappa shape index (κ1) is 27.3. The lowest BCUT2D eigenvalue weighted by atomic mass is 9.72. The quantitative estimate of drug-likeness (QED) is 0.479. The Labute approximate surface area is 224 Å². The van der Waals surface area contributed by atoms with Crippen LogP contribution in [-0.4, -0.2) is 49.4 Å². The van der Waals surface area contributed by atoms with Gasteiger partial charge in [-0.1, -0.05) is 39.8 Å². The number of carbonyl (C=O) groups is 3. The van der Waals surface area contributed by atoms with Crippen molar-refractivity contribution in [3.63, 3.8) is 0 Å². The standard InChI is InChI=1S/C29H39N3O4S/c1-18-12-14-32(15-13-18)17-24(33)31-27-25(21-11-10-19(29(2,3)4)16-23(21)37-27)26(34)30-22-9-7-6-8-20(22)28(35)36-5/h6-9,18-19H,10-17H2,1-5H3,(H,30,34)(H,31,33)/t19-/m0/s1. The average molecular weight is 526 g/mol. The molecule has 4 rings (SSSR count). The molecule has 0 bridgehead atoms. The van der Waals surface area contributed by atoms with Crippen molar-refractivity contribution in [2.45, 2.75) is 59.8 Å². The number of fused-ring (bicyclic) bond motifs is 1. The van der Waals surface area contributed by atoms with Gasteiger partial charge in [0.1, 0.15) is 5.00 Å². The normalized spacial score (nSPS) is 18.7. The van der Waals surface area contributed by atoms with E-state index in [0.29, 0.717) is 40.2 Å². The average Bonchev–Trinajstić information content (AvgIpc) is 3.21. The number of hydrogen-bond acceptors (Lipinski definition) is 6. The Morgan fingerprint density at radius 1 is 1.08 bits per heavy atom. The SMILES string of the molecule is COC(=O)c1ccccc1NC(=O)c1c(NC(=O)CN2CCC(C)CC2)sc2c1CC[C@H](C(C)(C)C)C2. The molecule has 2 amide bonds. The lowest BCUT2D eigenvalue weighted by molar-refractivity contribution is -0.117. The third kappa shape index (κ3) is 6.41. The van der Waals surface area contributed by atoms with Gasteiger partial charge in [0.2, 0.25) is 5.91 Å². The number of nitrogens with one attached hydrogen (secondary N) is 2. The van der Waals surface area contributed by atoms with Gasteiger partial charge in [-0.25, -0.2) is 4.79 Å². The number of carbonyl (C=O) groups excluding carboxylic acids is 3. The molecule has 2 aliphatic rings. The Kier molecular flexibility index (Phi) is 8.39. The minimum atomic E-state index is -0.513. The van der Waals surface area contributed by atoms with Crippen molar-refractivity contribution in [2.24, 2.45) is 17.3 Å². The second kappa shape index (κ2) is 11.4. The van der Waals surface area contributed by atoms with Crippen LogP contribution < -0.4 is 10.6 Å². The number of rotatable bonds is 6. The number of likely N-dealkylation sites (tertiary alicyclic amines) is 1. The fraction of sp³-hybridized carbons (Fsp3) is 0.552. The molecule has 2 N–H and O–H groups in total. The van der Waals surface area contributed by atoms with Crippen LogP contribution in [0, 0.1) is 17.3 Å². The molecule has 1 aliphatic heterocycles. The van der Waals surface area contributed by atoms with Crippen molar-refractivity contribution in [2.75, 3.05) is 37.4 Å². The minimum Gasteiger partial charge on any atom is -0.465 e. The summed E-state index contributed by atoms with van der Waals surface area (Å²) in [4.78, 5) is 42.4. The molecular weight excluding hydrogens is 486 g/mol. The molecule has 1 fully saturated rings. The van der Waals surface area contributed by atoms with E-state index in [1.54, 1.807) is 24.3 Å². The smallest absolute Gasteiger partial charge is 0.339 e. The second-order valence-corrected chi connectivity index (χ2v) is 12.6.